The maximum atomic E-state index is 12.6. The molecule has 1 aliphatic heterocycles. The smallest absolute Gasteiger partial charge is 0.319 e. The second-order valence-electron chi connectivity index (χ2n) is 8.61. The van der Waals surface area contributed by atoms with E-state index >= 15 is 0 Å². The summed E-state index contributed by atoms with van der Waals surface area (Å²) in [7, 11) is 0. The van der Waals surface area contributed by atoms with Gasteiger partial charge in [-0.3, -0.25) is 4.90 Å². The molecule has 4 rings (SSSR count). The maximum Gasteiger partial charge on any atom is 0.319 e. The van der Waals surface area contributed by atoms with Crippen LogP contribution in [0.15, 0.2) is 42.5 Å². The van der Waals surface area contributed by atoms with Gasteiger partial charge >= 0.3 is 6.03 Å². The zero-order valence-corrected chi connectivity index (χ0v) is 19.7. The fourth-order valence-corrected chi connectivity index (χ4v) is 5.39. The van der Waals surface area contributed by atoms with Crippen LogP contribution in [0.2, 0.25) is 15.1 Å². The number of carbonyl (C=O) groups is 1. The molecule has 0 spiro atoms. The van der Waals surface area contributed by atoms with Gasteiger partial charge in [0.2, 0.25) is 0 Å². The van der Waals surface area contributed by atoms with Gasteiger partial charge in [-0.15, -0.1) is 0 Å². The van der Waals surface area contributed by atoms with Gasteiger partial charge in [-0.1, -0.05) is 53.0 Å². The summed E-state index contributed by atoms with van der Waals surface area (Å²) in [5.74, 6) is 0.707. The van der Waals surface area contributed by atoms with Crippen LogP contribution in [-0.4, -0.2) is 36.1 Å². The molecule has 0 unspecified atom stereocenters. The highest BCUT2D eigenvalue weighted by molar-refractivity contribution is 6.43. The van der Waals surface area contributed by atoms with Crippen molar-refractivity contribution in [2.75, 3.05) is 18.4 Å². The summed E-state index contributed by atoms with van der Waals surface area (Å²) < 4.78 is 0. The molecule has 0 radical (unpaired) electrons. The molecular formula is C24H28Cl3N3O. The lowest BCUT2D eigenvalue weighted by atomic mass is 9.89. The van der Waals surface area contributed by atoms with E-state index in [9.17, 15) is 4.79 Å². The largest absolute Gasteiger partial charge is 0.334 e. The highest BCUT2D eigenvalue weighted by Gasteiger charge is 2.35. The summed E-state index contributed by atoms with van der Waals surface area (Å²) in [5, 5.41) is 7.60. The molecule has 31 heavy (non-hydrogen) atoms. The summed E-state index contributed by atoms with van der Waals surface area (Å²) in [5.41, 5.74) is 1.89. The molecule has 1 saturated heterocycles. The SMILES string of the molecule is O=C(Nc1cccc(Cl)c1Cl)N[C@@H]1CCC[C@H]1N1CCC(Cc2ccc(Cl)cc2)CC1. The van der Waals surface area contributed by atoms with Crippen LogP contribution in [0.1, 0.15) is 37.7 Å². The normalized spacial score (nSPS) is 22.4. The molecule has 2 amide bonds. The summed E-state index contributed by atoms with van der Waals surface area (Å²) in [6, 6.07) is 13.8. The van der Waals surface area contributed by atoms with Crippen molar-refractivity contribution in [1.82, 2.24) is 10.2 Å². The molecule has 2 aromatic rings. The number of urea groups is 1. The van der Waals surface area contributed by atoms with Crippen LogP contribution in [0.3, 0.4) is 0 Å². The standard InChI is InChI=1S/C24H28Cl3N3O/c25-18-9-7-16(8-10-18)15-17-11-13-30(14-12-17)22-6-2-4-20(22)28-24(31)29-21-5-1-3-19(26)23(21)27/h1,3,5,7-10,17,20,22H,2,4,6,11-15H2,(H2,28,29,31)/t20-,22-/m1/s1. The van der Waals surface area contributed by atoms with Crippen molar-refractivity contribution >= 4 is 46.5 Å². The number of likely N-dealkylation sites (tertiary alicyclic amines) is 1. The number of benzene rings is 2. The van der Waals surface area contributed by atoms with Gasteiger partial charge in [0.25, 0.3) is 0 Å². The predicted octanol–water partition coefficient (Wildman–Crippen LogP) is 6.64. The minimum atomic E-state index is -0.223. The van der Waals surface area contributed by atoms with E-state index in [0.29, 0.717) is 27.7 Å². The first kappa shape index (κ1) is 22.7. The number of carbonyl (C=O) groups excluding carboxylic acids is 1. The van der Waals surface area contributed by atoms with Crippen LogP contribution in [-0.2, 0) is 6.42 Å². The molecule has 166 valence electrons. The molecule has 7 heteroatoms. The topological polar surface area (TPSA) is 44.4 Å². The zero-order valence-electron chi connectivity index (χ0n) is 17.4. The number of piperidine rings is 1. The molecule has 2 fully saturated rings. The third-order valence-corrected chi connectivity index (χ3v) is 7.62. The highest BCUT2D eigenvalue weighted by atomic mass is 35.5. The Hall–Kier alpha value is -1.46. The van der Waals surface area contributed by atoms with Crippen LogP contribution in [0, 0.1) is 5.92 Å². The molecule has 1 heterocycles. The third-order valence-electron chi connectivity index (χ3n) is 6.55. The molecule has 2 aliphatic rings. The molecule has 2 aromatic carbocycles. The average Bonchev–Trinajstić information content (AvgIpc) is 3.21. The van der Waals surface area contributed by atoms with Crippen molar-refractivity contribution in [1.29, 1.82) is 0 Å². The van der Waals surface area contributed by atoms with Crippen molar-refractivity contribution in [2.45, 2.75) is 50.6 Å². The molecule has 2 atom stereocenters. The van der Waals surface area contributed by atoms with Gasteiger partial charge < -0.3 is 10.6 Å². The Morgan fingerprint density at radius 2 is 1.71 bits per heavy atom. The number of amides is 2. The molecule has 4 nitrogen and oxygen atoms in total. The molecule has 1 aliphatic carbocycles. The van der Waals surface area contributed by atoms with E-state index in [1.165, 1.54) is 18.4 Å². The van der Waals surface area contributed by atoms with Gasteiger partial charge in [-0.2, -0.15) is 0 Å². The first-order valence-corrected chi connectivity index (χ1v) is 12.1. The predicted molar refractivity (Wildman–Crippen MR) is 129 cm³/mol. The van der Waals surface area contributed by atoms with E-state index in [4.69, 9.17) is 34.8 Å². The Kier molecular flexibility index (Phi) is 7.65. The summed E-state index contributed by atoms with van der Waals surface area (Å²) >= 11 is 18.2. The van der Waals surface area contributed by atoms with Crippen molar-refractivity contribution in [3.05, 3.63) is 63.1 Å². The minimum Gasteiger partial charge on any atom is -0.334 e. The van der Waals surface area contributed by atoms with Crippen LogP contribution in [0.25, 0.3) is 0 Å². The number of rotatable bonds is 5. The number of nitrogens with one attached hydrogen (secondary N) is 2. The Labute approximate surface area is 199 Å². The average molecular weight is 481 g/mol. The third kappa shape index (κ3) is 5.87. The van der Waals surface area contributed by atoms with Gasteiger partial charge in [-0.05, 0) is 87.4 Å². The quantitative estimate of drug-likeness (QED) is 0.503. The van der Waals surface area contributed by atoms with E-state index in [0.717, 1.165) is 43.8 Å². The number of anilines is 1. The van der Waals surface area contributed by atoms with E-state index < -0.39 is 0 Å². The Bertz CT molecular complexity index is 897. The van der Waals surface area contributed by atoms with Gasteiger partial charge in [0.1, 0.15) is 0 Å². The number of nitrogens with zero attached hydrogens (tertiary/aromatic N) is 1. The molecule has 0 aromatic heterocycles. The van der Waals surface area contributed by atoms with Crippen molar-refractivity contribution < 1.29 is 4.79 Å². The van der Waals surface area contributed by atoms with E-state index in [2.05, 4.69) is 27.7 Å². The zero-order chi connectivity index (χ0) is 21.8. The summed E-state index contributed by atoms with van der Waals surface area (Å²) in [4.78, 5) is 15.2. The molecular weight excluding hydrogens is 453 g/mol. The fraction of sp³-hybridized carbons (Fsp3) is 0.458. The van der Waals surface area contributed by atoms with E-state index in [-0.39, 0.29) is 12.1 Å². The summed E-state index contributed by atoms with van der Waals surface area (Å²) in [6.07, 6.45) is 6.77. The van der Waals surface area contributed by atoms with Gasteiger partial charge in [0, 0.05) is 17.1 Å². The van der Waals surface area contributed by atoms with Crippen molar-refractivity contribution in [2.24, 2.45) is 5.92 Å². The van der Waals surface area contributed by atoms with Crippen LogP contribution >= 0.6 is 34.8 Å². The van der Waals surface area contributed by atoms with E-state index in [1.54, 1.807) is 18.2 Å². The van der Waals surface area contributed by atoms with Crippen LogP contribution in [0.5, 0.6) is 0 Å². The second kappa shape index (κ2) is 10.4. The first-order valence-electron chi connectivity index (χ1n) is 11.0. The van der Waals surface area contributed by atoms with Crippen molar-refractivity contribution in [3.8, 4) is 0 Å². The Balaban J connectivity index is 1.28. The van der Waals surface area contributed by atoms with Crippen molar-refractivity contribution in [3.63, 3.8) is 0 Å². The molecule has 0 bridgehead atoms. The van der Waals surface area contributed by atoms with E-state index in [1.807, 2.05) is 12.1 Å². The maximum absolute atomic E-state index is 12.6. The lowest BCUT2D eigenvalue weighted by Gasteiger charge is -2.38. The Morgan fingerprint density at radius 1 is 0.968 bits per heavy atom. The second-order valence-corrected chi connectivity index (χ2v) is 9.84. The monoisotopic (exact) mass is 479 g/mol. The van der Waals surface area contributed by atoms with Gasteiger partial charge in [0.15, 0.2) is 0 Å². The van der Waals surface area contributed by atoms with Crippen LogP contribution < -0.4 is 10.6 Å². The first-order chi connectivity index (χ1) is 15.0. The minimum absolute atomic E-state index is 0.158. The lowest BCUT2D eigenvalue weighted by Crippen LogP contribution is -2.52. The molecule has 2 N–H and O–H groups in total. The van der Waals surface area contributed by atoms with Gasteiger partial charge in [0.05, 0.1) is 15.7 Å². The highest BCUT2D eigenvalue weighted by Crippen LogP contribution is 2.31. The van der Waals surface area contributed by atoms with Gasteiger partial charge in [-0.25, -0.2) is 4.79 Å². The lowest BCUT2D eigenvalue weighted by molar-refractivity contribution is 0.119. The number of halogens is 3. The summed E-state index contributed by atoms with van der Waals surface area (Å²) in [6.45, 7) is 2.17. The number of hydrogen-bond acceptors (Lipinski definition) is 2. The molecule has 1 saturated carbocycles. The number of hydrogen-bond donors (Lipinski definition) is 2. The fourth-order valence-electron chi connectivity index (χ4n) is 4.92. The Morgan fingerprint density at radius 3 is 2.45 bits per heavy atom. The van der Waals surface area contributed by atoms with Crippen LogP contribution in [0.4, 0.5) is 10.5 Å².